The summed E-state index contributed by atoms with van der Waals surface area (Å²) in [5, 5.41) is 80.6. The van der Waals surface area contributed by atoms with Crippen LogP contribution in [0.4, 0.5) is 0 Å². The zero-order chi connectivity index (χ0) is 30.3. The largest absolute Gasteiger partial charge is 0.508 e. The van der Waals surface area contributed by atoms with E-state index in [4.69, 9.17) is 13.9 Å². The molecule has 0 unspecified atom stereocenters. The standard InChI is InChI=1S/C29H26O13/c30-15-9-7-14(8-10-15)23-16(11-6-13-4-2-1-3-5-13)20(31)19-17(40-23)12-18(21(32)22(19)33)41-28-26(35)29(38,39)25(34)24(42-28)27(36)37/h1-5,7-10,12,24-26,28,30,32-35,38-39H,6,11H2,(H,36,37)/t24-,25+,26-,28-/m0/s1. The van der Waals surface area contributed by atoms with Crippen molar-refractivity contribution in [3.8, 4) is 34.3 Å². The van der Waals surface area contributed by atoms with Gasteiger partial charge in [0.25, 0.3) is 0 Å². The van der Waals surface area contributed by atoms with Gasteiger partial charge in [0, 0.05) is 17.2 Å². The number of carboxylic acids is 1. The van der Waals surface area contributed by atoms with Crippen LogP contribution in [0.25, 0.3) is 22.3 Å². The fourth-order valence-corrected chi connectivity index (χ4v) is 4.72. The summed E-state index contributed by atoms with van der Waals surface area (Å²) >= 11 is 0. The molecular formula is C29H26O13. The van der Waals surface area contributed by atoms with Crippen LogP contribution in [-0.2, 0) is 22.4 Å². The summed E-state index contributed by atoms with van der Waals surface area (Å²) in [4.78, 5) is 25.2. The molecule has 1 aliphatic heterocycles. The number of aliphatic carboxylic acids is 1. The van der Waals surface area contributed by atoms with Crippen LogP contribution < -0.4 is 10.2 Å². The maximum absolute atomic E-state index is 13.7. The molecule has 4 aromatic rings. The van der Waals surface area contributed by atoms with E-state index in [0.29, 0.717) is 12.0 Å². The quantitative estimate of drug-likeness (QED) is 0.112. The van der Waals surface area contributed by atoms with Crippen LogP contribution in [0.1, 0.15) is 11.1 Å². The highest BCUT2D eigenvalue weighted by Gasteiger charge is 2.58. The Hall–Kier alpha value is -4.66. The van der Waals surface area contributed by atoms with Gasteiger partial charge in [-0.1, -0.05) is 30.3 Å². The summed E-state index contributed by atoms with van der Waals surface area (Å²) in [6.07, 6.45) is -8.75. The Kier molecular flexibility index (Phi) is 7.53. The van der Waals surface area contributed by atoms with E-state index in [0.717, 1.165) is 11.6 Å². The Balaban J connectivity index is 1.61. The topological polar surface area (TPSA) is 228 Å². The predicted octanol–water partition coefficient (Wildman–Crippen LogP) is 0.953. The van der Waals surface area contributed by atoms with Crippen LogP contribution in [0.2, 0.25) is 0 Å². The number of carboxylic acid groups (broad SMARTS) is 1. The van der Waals surface area contributed by atoms with Crippen LogP contribution in [0, 0.1) is 0 Å². The van der Waals surface area contributed by atoms with E-state index in [9.17, 15) is 50.4 Å². The van der Waals surface area contributed by atoms with Crippen molar-refractivity contribution in [1.29, 1.82) is 0 Å². The Morgan fingerprint density at radius 3 is 2.21 bits per heavy atom. The molecule has 0 aliphatic carbocycles. The van der Waals surface area contributed by atoms with Gasteiger partial charge in [-0.2, -0.15) is 0 Å². The summed E-state index contributed by atoms with van der Waals surface area (Å²) in [5.74, 6) is -7.82. The highest BCUT2D eigenvalue weighted by Crippen LogP contribution is 2.44. The number of phenolic OH excluding ortho intramolecular Hbond substituents is 3. The number of rotatable bonds is 7. The molecule has 42 heavy (non-hydrogen) atoms. The number of fused-ring (bicyclic) bond motifs is 1. The molecule has 2 heterocycles. The maximum atomic E-state index is 13.7. The number of benzene rings is 3. The van der Waals surface area contributed by atoms with Gasteiger partial charge in [-0.3, -0.25) is 4.79 Å². The molecule has 13 nitrogen and oxygen atoms in total. The molecule has 1 saturated heterocycles. The Morgan fingerprint density at radius 1 is 0.905 bits per heavy atom. The fourth-order valence-electron chi connectivity index (χ4n) is 4.72. The maximum Gasteiger partial charge on any atom is 0.335 e. The van der Waals surface area contributed by atoms with E-state index in [1.807, 2.05) is 30.3 Å². The number of phenols is 3. The van der Waals surface area contributed by atoms with E-state index < -0.39 is 64.4 Å². The first-order valence-electron chi connectivity index (χ1n) is 12.6. The van der Waals surface area contributed by atoms with Crippen LogP contribution in [0.15, 0.2) is 69.9 Å². The van der Waals surface area contributed by atoms with Gasteiger partial charge in [0.15, 0.2) is 29.1 Å². The first-order chi connectivity index (χ1) is 19.9. The number of aryl methyl sites for hydroxylation is 1. The van der Waals surface area contributed by atoms with Gasteiger partial charge in [0.2, 0.25) is 17.8 Å². The number of aliphatic hydroxyl groups excluding tert-OH is 2. The number of aliphatic hydroxyl groups is 4. The second kappa shape index (κ2) is 11.0. The van der Waals surface area contributed by atoms with Crippen molar-refractivity contribution in [3.05, 3.63) is 82.0 Å². The summed E-state index contributed by atoms with van der Waals surface area (Å²) in [6.45, 7) is 0. The van der Waals surface area contributed by atoms with Crippen molar-refractivity contribution >= 4 is 16.9 Å². The van der Waals surface area contributed by atoms with E-state index in [-0.39, 0.29) is 29.1 Å². The average molecular weight is 583 g/mol. The molecule has 5 rings (SSSR count). The molecule has 0 spiro atoms. The van der Waals surface area contributed by atoms with Gasteiger partial charge < -0.3 is 54.7 Å². The van der Waals surface area contributed by atoms with Crippen LogP contribution in [0.5, 0.6) is 23.0 Å². The molecule has 1 aromatic heterocycles. The van der Waals surface area contributed by atoms with E-state index in [1.54, 1.807) is 0 Å². The molecule has 3 aromatic carbocycles. The van der Waals surface area contributed by atoms with E-state index in [1.165, 1.54) is 24.3 Å². The van der Waals surface area contributed by atoms with Crippen molar-refractivity contribution in [3.63, 3.8) is 0 Å². The Morgan fingerprint density at radius 2 is 1.57 bits per heavy atom. The SMILES string of the molecule is O=C(O)[C@H]1O[C@H](Oc2cc3oc(-c4ccc(O)cc4)c(CCc4ccccc4)c(=O)c3c(O)c2O)[C@H](O)C(O)(O)[C@@H]1O. The molecule has 0 amide bonds. The molecule has 8 N–H and O–H groups in total. The minimum absolute atomic E-state index is 0.0364. The lowest BCUT2D eigenvalue weighted by molar-refractivity contribution is -0.369. The molecule has 0 radical (unpaired) electrons. The summed E-state index contributed by atoms with van der Waals surface area (Å²) in [6, 6.07) is 16.0. The lowest BCUT2D eigenvalue weighted by Crippen LogP contribution is -2.69. The van der Waals surface area contributed by atoms with Crippen LogP contribution >= 0.6 is 0 Å². The number of hydrogen-bond acceptors (Lipinski definition) is 12. The third-order valence-electron chi connectivity index (χ3n) is 7.01. The van der Waals surface area contributed by atoms with Gasteiger partial charge in [-0.25, -0.2) is 4.79 Å². The van der Waals surface area contributed by atoms with Crippen molar-refractivity contribution in [2.75, 3.05) is 0 Å². The van der Waals surface area contributed by atoms with E-state index in [2.05, 4.69) is 0 Å². The van der Waals surface area contributed by atoms with Gasteiger partial charge in [-0.15, -0.1) is 0 Å². The normalized spacial score (nSPS) is 21.7. The summed E-state index contributed by atoms with van der Waals surface area (Å²) in [7, 11) is 0. The Bertz CT molecular complexity index is 1680. The minimum atomic E-state index is -3.40. The number of ether oxygens (including phenoxy) is 2. The lowest BCUT2D eigenvalue weighted by atomic mass is 9.95. The number of aromatic hydroxyl groups is 3. The van der Waals surface area contributed by atoms with E-state index >= 15 is 0 Å². The first kappa shape index (κ1) is 28.9. The van der Waals surface area contributed by atoms with Gasteiger partial charge >= 0.3 is 5.97 Å². The Labute approximate surface area is 236 Å². The van der Waals surface area contributed by atoms with Gasteiger partial charge in [0.1, 0.15) is 28.6 Å². The third kappa shape index (κ3) is 5.11. The smallest absolute Gasteiger partial charge is 0.335 e. The zero-order valence-electron chi connectivity index (χ0n) is 21.6. The molecule has 13 heteroatoms. The van der Waals surface area contributed by atoms with Crippen molar-refractivity contribution < 1.29 is 59.5 Å². The monoisotopic (exact) mass is 582 g/mol. The molecule has 1 fully saturated rings. The zero-order valence-corrected chi connectivity index (χ0v) is 21.6. The summed E-state index contributed by atoms with van der Waals surface area (Å²) in [5.41, 5.74) is 0.511. The van der Waals surface area contributed by atoms with Crippen molar-refractivity contribution in [1.82, 2.24) is 0 Å². The second-order valence-corrected chi connectivity index (χ2v) is 9.77. The predicted molar refractivity (Wildman–Crippen MR) is 143 cm³/mol. The van der Waals surface area contributed by atoms with Crippen molar-refractivity contribution in [2.45, 2.75) is 43.2 Å². The van der Waals surface area contributed by atoms with Crippen molar-refractivity contribution in [2.24, 2.45) is 0 Å². The number of hydrogen-bond donors (Lipinski definition) is 8. The fraction of sp³-hybridized carbons (Fsp3) is 0.241. The van der Waals surface area contributed by atoms with Gasteiger partial charge in [0.05, 0.1) is 0 Å². The lowest BCUT2D eigenvalue weighted by Gasteiger charge is -2.43. The highest BCUT2D eigenvalue weighted by molar-refractivity contribution is 5.90. The molecule has 220 valence electrons. The van der Waals surface area contributed by atoms with Crippen LogP contribution in [-0.4, -0.2) is 77.2 Å². The first-order valence-corrected chi connectivity index (χ1v) is 12.6. The molecule has 0 saturated carbocycles. The molecular weight excluding hydrogens is 556 g/mol. The highest BCUT2D eigenvalue weighted by atomic mass is 16.7. The molecule has 0 bridgehead atoms. The minimum Gasteiger partial charge on any atom is -0.508 e. The average Bonchev–Trinajstić information content (AvgIpc) is 2.96. The molecule has 4 atom stereocenters. The summed E-state index contributed by atoms with van der Waals surface area (Å²) < 4.78 is 16.3. The van der Waals surface area contributed by atoms with Gasteiger partial charge in [-0.05, 0) is 42.7 Å². The second-order valence-electron chi connectivity index (χ2n) is 9.77. The number of carbonyl (C=O) groups is 1. The molecule has 1 aliphatic rings. The third-order valence-corrected chi connectivity index (χ3v) is 7.01. The van der Waals surface area contributed by atoms with Crippen LogP contribution in [0.3, 0.4) is 0 Å².